The van der Waals surface area contributed by atoms with Gasteiger partial charge in [0, 0.05) is 6.07 Å². The number of hydrogen-bond acceptors (Lipinski definition) is 7. The van der Waals surface area contributed by atoms with Crippen molar-refractivity contribution in [2.75, 3.05) is 6.26 Å². The Bertz CT molecular complexity index is 936. The molecule has 0 amide bonds. The molecule has 0 spiro atoms. The first-order valence-electron chi connectivity index (χ1n) is 6.29. The number of nitro benzene ring substituents is 1. The zero-order valence-electron chi connectivity index (χ0n) is 12.2. The molecular formula is C13H7F3N4O4S. The fraction of sp³-hybridized carbons (Fsp3) is 0.154. The lowest BCUT2D eigenvalue weighted by molar-refractivity contribution is -0.384. The lowest BCUT2D eigenvalue weighted by Gasteiger charge is -2.11. The van der Waals surface area contributed by atoms with Crippen molar-refractivity contribution in [2.45, 2.75) is 11.5 Å². The largest absolute Gasteiger partial charge is 0.573 e. The van der Waals surface area contributed by atoms with Crippen molar-refractivity contribution in [3.63, 3.8) is 0 Å². The van der Waals surface area contributed by atoms with Gasteiger partial charge in [0.05, 0.1) is 10.5 Å². The average molecular weight is 372 g/mol. The Labute approximate surface area is 141 Å². The Morgan fingerprint density at radius 2 is 2.12 bits per heavy atom. The zero-order chi connectivity index (χ0) is 18.8. The molecule has 0 aliphatic heterocycles. The Hall–Kier alpha value is -3.07. The van der Waals surface area contributed by atoms with Crippen LogP contribution < -0.4 is 10.3 Å². The monoisotopic (exact) mass is 372 g/mol. The smallest absolute Gasteiger partial charge is 0.406 e. The molecule has 0 bridgehead atoms. The first kappa shape index (κ1) is 18.3. The third kappa shape index (κ3) is 4.07. The summed E-state index contributed by atoms with van der Waals surface area (Å²) in [7, 11) is 0. The van der Waals surface area contributed by atoms with Crippen LogP contribution >= 0.6 is 11.8 Å². The average Bonchev–Trinajstić information content (AvgIpc) is 2.52. The number of benzene rings is 1. The van der Waals surface area contributed by atoms with Crippen LogP contribution in [-0.4, -0.2) is 27.5 Å². The molecule has 8 nitrogen and oxygen atoms in total. The molecule has 0 saturated heterocycles. The van der Waals surface area contributed by atoms with E-state index in [1.807, 2.05) is 0 Å². The summed E-state index contributed by atoms with van der Waals surface area (Å²) in [6.07, 6.45) is -3.47. The normalized spacial score (nSPS) is 11.0. The Balaban J connectivity index is 2.78. The highest BCUT2D eigenvalue weighted by Gasteiger charge is 2.32. The van der Waals surface area contributed by atoms with Crippen LogP contribution in [0.2, 0.25) is 0 Å². The van der Waals surface area contributed by atoms with Crippen molar-refractivity contribution < 1.29 is 22.8 Å². The molecule has 1 aromatic heterocycles. The maximum Gasteiger partial charge on any atom is 0.573 e. The van der Waals surface area contributed by atoms with Crippen molar-refractivity contribution in [3.05, 3.63) is 44.2 Å². The molecule has 0 saturated carbocycles. The summed E-state index contributed by atoms with van der Waals surface area (Å²) < 4.78 is 40.9. The zero-order valence-corrected chi connectivity index (χ0v) is 13.1. The molecule has 2 aromatic rings. The fourth-order valence-electron chi connectivity index (χ4n) is 1.91. The summed E-state index contributed by atoms with van der Waals surface area (Å²) in [5.74, 6) is -0.746. The van der Waals surface area contributed by atoms with E-state index in [0.717, 1.165) is 23.9 Å². The first-order chi connectivity index (χ1) is 11.7. The van der Waals surface area contributed by atoms with E-state index in [1.54, 1.807) is 12.3 Å². The predicted molar refractivity (Wildman–Crippen MR) is 80.1 cm³/mol. The first-order valence-corrected chi connectivity index (χ1v) is 7.51. The van der Waals surface area contributed by atoms with E-state index in [4.69, 9.17) is 5.26 Å². The van der Waals surface area contributed by atoms with Gasteiger partial charge in [0.15, 0.2) is 5.16 Å². The van der Waals surface area contributed by atoms with E-state index in [1.165, 1.54) is 0 Å². The second kappa shape index (κ2) is 6.81. The van der Waals surface area contributed by atoms with Gasteiger partial charge in [0.25, 0.3) is 11.2 Å². The molecule has 130 valence electrons. The third-order valence-corrected chi connectivity index (χ3v) is 3.44. The molecule has 1 heterocycles. The number of halogens is 3. The molecule has 0 atom stereocenters. The van der Waals surface area contributed by atoms with Crippen LogP contribution in [0.1, 0.15) is 5.56 Å². The molecule has 1 N–H and O–H groups in total. The van der Waals surface area contributed by atoms with Crippen LogP contribution in [0.15, 0.2) is 28.2 Å². The Morgan fingerprint density at radius 3 is 2.64 bits per heavy atom. The van der Waals surface area contributed by atoms with Crippen LogP contribution in [0.4, 0.5) is 18.9 Å². The lowest BCUT2D eigenvalue weighted by Crippen LogP contribution is -2.17. The van der Waals surface area contributed by atoms with Crippen molar-refractivity contribution in [1.82, 2.24) is 9.97 Å². The van der Waals surface area contributed by atoms with Crippen molar-refractivity contribution >= 4 is 17.4 Å². The molecule has 25 heavy (non-hydrogen) atoms. The number of aromatic nitrogens is 2. The predicted octanol–water partition coefficient (Wildman–Crippen LogP) is 2.84. The number of H-pyrrole nitrogens is 1. The van der Waals surface area contributed by atoms with Crippen LogP contribution in [0.3, 0.4) is 0 Å². The summed E-state index contributed by atoms with van der Waals surface area (Å²) in [5.41, 5.74) is -2.91. The van der Waals surface area contributed by atoms with Gasteiger partial charge in [0.1, 0.15) is 23.1 Å². The van der Waals surface area contributed by atoms with E-state index >= 15 is 0 Å². The summed E-state index contributed by atoms with van der Waals surface area (Å²) in [5, 5.41) is 20.3. The third-order valence-electron chi connectivity index (χ3n) is 2.86. The second-order valence-electron chi connectivity index (χ2n) is 4.39. The Morgan fingerprint density at radius 1 is 1.44 bits per heavy atom. The molecule has 0 fully saturated rings. The molecular weight excluding hydrogens is 365 g/mol. The van der Waals surface area contributed by atoms with E-state index in [-0.39, 0.29) is 5.16 Å². The van der Waals surface area contributed by atoms with Crippen molar-refractivity contribution in [1.29, 1.82) is 5.26 Å². The molecule has 0 aliphatic rings. The second-order valence-corrected chi connectivity index (χ2v) is 5.19. The number of nitrogens with one attached hydrogen (secondary N) is 1. The summed E-state index contributed by atoms with van der Waals surface area (Å²) >= 11 is 0.982. The van der Waals surface area contributed by atoms with Crippen molar-refractivity contribution in [3.8, 4) is 23.1 Å². The van der Waals surface area contributed by atoms with Crippen LogP contribution in [0.5, 0.6) is 5.75 Å². The van der Waals surface area contributed by atoms with Gasteiger partial charge >= 0.3 is 6.36 Å². The number of nitro groups is 1. The van der Waals surface area contributed by atoms with E-state index in [0.29, 0.717) is 6.07 Å². The highest BCUT2D eigenvalue weighted by Crippen LogP contribution is 2.35. The minimum absolute atomic E-state index is 0.0374. The van der Waals surface area contributed by atoms with Gasteiger partial charge in [-0.05, 0) is 18.4 Å². The van der Waals surface area contributed by atoms with Gasteiger partial charge < -0.3 is 9.72 Å². The number of nitrogens with zero attached hydrogens (tertiary/aromatic N) is 3. The van der Waals surface area contributed by atoms with E-state index < -0.39 is 45.1 Å². The van der Waals surface area contributed by atoms with Gasteiger partial charge in [-0.15, -0.1) is 13.2 Å². The van der Waals surface area contributed by atoms with E-state index in [2.05, 4.69) is 14.7 Å². The van der Waals surface area contributed by atoms with E-state index in [9.17, 15) is 28.1 Å². The number of hydrogen-bond donors (Lipinski definition) is 1. The SMILES string of the molecule is CSc1nc(-c2cc(OC(F)(F)F)ccc2[N+](=O)[O-])c(C#N)c(=O)[nH]1. The highest BCUT2D eigenvalue weighted by atomic mass is 32.2. The quantitative estimate of drug-likeness (QED) is 0.379. The molecule has 0 aliphatic carbocycles. The number of rotatable bonds is 4. The topological polar surface area (TPSA) is 122 Å². The lowest BCUT2D eigenvalue weighted by atomic mass is 10.1. The van der Waals surface area contributed by atoms with Crippen molar-refractivity contribution in [2.24, 2.45) is 0 Å². The highest BCUT2D eigenvalue weighted by molar-refractivity contribution is 7.98. The Kier molecular flexibility index (Phi) is 4.98. The van der Waals surface area contributed by atoms with Gasteiger partial charge in [0.2, 0.25) is 0 Å². The minimum atomic E-state index is -5.02. The number of ether oxygens (including phenoxy) is 1. The molecule has 1 aromatic carbocycles. The molecule has 2 rings (SSSR count). The summed E-state index contributed by atoms with van der Waals surface area (Å²) in [6, 6.07) is 3.78. The van der Waals surface area contributed by atoms with Gasteiger partial charge in [-0.2, -0.15) is 5.26 Å². The number of alkyl halides is 3. The van der Waals surface area contributed by atoms with Crippen LogP contribution in [-0.2, 0) is 0 Å². The van der Waals surface area contributed by atoms with Gasteiger partial charge in [-0.25, -0.2) is 4.98 Å². The maximum absolute atomic E-state index is 12.4. The number of nitriles is 1. The van der Waals surface area contributed by atoms with Crippen LogP contribution in [0.25, 0.3) is 11.3 Å². The number of aromatic amines is 1. The standard InChI is InChI=1S/C13H7F3N4O4S/c1-25-12-18-10(8(5-17)11(21)19-12)7-4-6(24-13(14,15)16)2-3-9(7)20(22)23/h2-4H,1H3,(H,18,19,21). The minimum Gasteiger partial charge on any atom is -0.406 e. The van der Waals surface area contributed by atoms with Crippen LogP contribution in [0, 0.1) is 21.4 Å². The molecule has 0 unspecified atom stereocenters. The summed E-state index contributed by atoms with van der Waals surface area (Å²) in [6.45, 7) is 0. The maximum atomic E-state index is 12.4. The molecule has 12 heteroatoms. The molecule has 0 radical (unpaired) electrons. The summed E-state index contributed by atoms with van der Waals surface area (Å²) in [4.78, 5) is 28.4. The fourth-order valence-corrected chi connectivity index (χ4v) is 2.29. The number of thioether (sulfide) groups is 1. The van der Waals surface area contributed by atoms with Gasteiger partial charge in [-0.1, -0.05) is 11.8 Å². The van der Waals surface area contributed by atoms with Gasteiger partial charge in [-0.3, -0.25) is 14.9 Å².